The highest BCUT2D eigenvalue weighted by atomic mass is 32.1. The highest BCUT2D eigenvalue weighted by Gasteiger charge is 2.12. The molecule has 3 N–H and O–H groups in total. The number of anilines is 2. The van der Waals surface area contributed by atoms with Crippen LogP contribution in [0.25, 0.3) is 10.9 Å². The van der Waals surface area contributed by atoms with E-state index < -0.39 is 0 Å². The number of hydrogen-bond acceptors (Lipinski definition) is 6. The van der Waals surface area contributed by atoms with Gasteiger partial charge >= 0.3 is 0 Å². The number of amides is 1. The second-order valence-corrected chi connectivity index (χ2v) is 7.36. The molecule has 28 heavy (non-hydrogen) atoms. The number of para-hydroxylation sites is 1. The summed E-state index contributed by atoms with van der Waals surface area (Å²) in [6, 6.07) is 10.0. The minimum Gasteiger partial charge on any atom is -0.361 e. The third-order valence-corrected chi connectivity index (χ3v) is 5.05. The van der Waals surface area contributed by atoms with Gasteiger partial charge in [-0.1, -0.05) is 18.2 Å². The number of carbonyl (C=O) groups excluding carboxylic acids is 1. The fourth-order valence-electron chi connectivity index (χ4n) is 3.05. The molecule has 0 aliphatic heterocycles. The quantitative estimate of drug-likeness (QED) is 0.464. The summed E-state index contributed by atoms with van der Waals surface area (Å²) in [4.78, 5) is 28.6. The molecule has 3 heterocycles. The third kappa shape index (κ3) is 4.01. The topological polar surface area (TPSA) is 95.6 Å². The van der Waals surface area contributed by atoms with Crippen LogP contribution in [0.2, 0.25) is 0 Å². The summed E-state index contributed by atoms with van der Waals surface area (Å²) in [6.45, 7) is 4.36. The Bertz CT molecular complexity index is 1110. The number of rotatable bonds is 6. The highest BCUT2D eigenvalue weighted by molar-refractivity contribution is 7.14. The number of nitrogens with one attached hydrogen (secondary N) is 3. The van der Waals surface area contributed by atoms with Crippen LogP contribution in [0.3, 0.4) is 0 Å². The summed E-state index contributed by atoms with van der Waals surface area (Å²) in [5.74, 6) is 0.295. The monoisotopic (exact) mass is 392 g/mol. The molecule has 3 aromatic heterocycles. The summed E-state index contributed by atoms with van der Waals surface area (Å²) >= 11 is 1.35. The molecule has 0 saturated carbocycles. The molecular formula is C20H20N6OS. The van der Waals surface area contributed by atoms with Crippen molar-refractivity contribution in [1.82, 2.24) is 25.3 Å². The van der Waals surface area contributed by atoms with E-state index in [1.807, 2.05) is 44.3 Å². The van der Waals surface area contributed by atoms with Crippen molar-refractivity contribution in [2.24, 2.45) is 0 Å². The van der Waals surface area contributed by atoms with Crippen LogP contribution in [0, 0.1) is 13.8 Å². The first kappa shape index (κ1) is 18.1. The Labute approximate surface area is 166 Å². The first-order valence-corrected chi connectivity index (χ1v) is 9.84. The van der Waals surface area contributed by atoms with E-state index in [4.69, 9.17) is 0 Å². The van der Waals surface area contributed by atoms with E-state index in [-0.39, 0.29) is 5.91 Å². The van der Waals surface area contributed by atoms with Crippen molar-refractivity contribution in [3.8, 4) is 0 Å². The average Bonchev–Trinajstić information content (AvgIpc) is 3.28. The smallest absolute Gasteiger partial charge is 0.270 e. The van der Waals surface area contributed by atoms with Crippen LogP contribution >= 0.6 is 11.3 Å². The van der Waals surface area contributed by atoms with Gasteiger partial charge in [-0.2, -0.15) is 0 Å². The molecule has 0 fully saturated rings. The van der Waals surface area contributed by atoms with Gasteiger partial charge in [0.05, 0.1) is 0 Å². The first-order valence-electron chi connectivity index (χ1n) is 8.96. The molecule has 0 unspecified atom stereocenters. The molecule has 0 saturated heterocycles. The van der Waals surface area contributed by atoms with E-state index in [9.17, 15) is 4.79 Å². The van der Waals surface area contributed by atoms with Crippen LogP contribution in [0.15, 0.2) is 41.9 Å². The van der Waals surface area contributed by atoms with E-state index in [1.54, 1.807) is 5.38 Å². The zero-order chi connectivity index (χ0) is 19.5. The summed E-state index contributed by atoms with van der Waals surface area (Å²) in [7, 11) is 0. The molecule has 1 amide bonds. The van der Waals surface area contributed by atoms with Crippen molar-refractivity contribution in [1.29, 1.82) is 0 Å². The predicted molar refractivity (Wildman–Crippen MR) is 111 cm³/mol. The lowest BCUT2D eigenvalue weighted by Crippen LogP contribution is -2.25. The minimum atomic E-state index is -0.189. The summed E-state index contributed by atoms with van der Waals surface area (Å²) in [6.07, 6.45) is 2.74. The Morgan fingerprint density at radius 1 is 1.14 bits per heavy atom. The molecule has 0 atom stereocenters. The fourth-order valence-corrected chi connectivity index (χ4v) is 3.74. The Morgan fingerprint density at radius 2 is 1.93 bits per heavy atom. The maximum Gasteiger partial charge on any atom is 0.270 e. The van der Waals surface area contributed by atoms with E-state index >= 15 is 0 Å². The van der Waals surface area contributed by atoms with Gasteiger partial charge in [0.15, 0.2) is 5.13 Å². The van der Waals surface area contributed by atoms with Crippen LogP contribution in [0.4, 0.5) is 11.1 Å². The molecule has 0 bridgehead atoms. The molecule has 1 aromatic carbocycles. The number of aromatic nitrogens is 4. The Balaban J connectivity index is 1.35. The normalized spacial score (nSPS) is 10.9. The fraction of sp³-hybridized carbons (Fsp3) is 0.200. The van der Waals surface area contributed by atoms with Crippen LogP contribution in [-0.2, 0) is 6.42 Å². The van der Waals surface area contributed by atoms with Crippen molar-refractivity contribution in [2.45, 2.75) is 20.3 Å². The maximum atomic E-state index is 12.4. The molecular weight excluding hydrogens is 372 g/mol. The molecule has 7 nitrogen and oxygen atoms in total. The molecule has 4 rings (SSSR count). The van der Waals surface area contributed by atoms with E-state index in [1.165, 1.54) is 22.3 Å². The Hall–Kier alpha value is -3.26. The van der Waals surface area contributed by atoms with Gasteiger partial charge in [0.1, 0.15) is 5.69 Å². The van der Waals surface area contributed by atoms with Gasteiger partial charge < -0.3 is 15.6 Å². The van der Waals surface area contributed by atoms with Gasteiger partial charge in [-0.05, 0) is 38.0 Å². The number of carbonyl (C=O) groups is 1. The predicted octanol–water partition coefficient (Wildman–Crippen LogP) is 3.75. The number of benzene rings is 1. The van der Waals surface area contributed by atoms with Gasteiger partial charge in [0.2, 0.25) is 5.95 Å². The largest absolute Gasteiger partial charge is 0.361 e. The van der Waals surface area contributed by atoms with Gasteiger partial charge in [0.25, 0.3) is 5.91 Å². The summed E-state index contributed by atoms with van der Waals surface area (Å²) in [5.41, 5.74) is 4.43. The number of thiazole rings is 1. The van der Waals surface area contributed by atoms with Gasteiger partial charge in [0, 0.05) is 40.4 Å². The zero-order valence-electron chi connectivity index (χ0n) is 15.6. The molecule has 4 aromatic rings. The lowest BCUT2D eigenvalue weighted by Gasteiger charge is -2.04. The highest BCUT2D eigenvalue weighted by Crippen LogP contribution is 2.20. The molecule has 0 radical (unpaired) electrons. The van der Waals surface area contributed by atoms with Crippen molar-refractivity contribution in [3.05, 3.63) is 64.6 Å². The Kier molecular flexibility index (Phi) is 5.03. The number of aryl methyl sites for hydroxylation is 2. The molecule has 142 valence electrons. The molecule has 0 aliphatic rings. The average molecular weight is 392 g/mol. The van der Waals surface area contributed by atoms with Crippen molar-refractivity contribution in [3.63, 3.8) is 0 Å². The number of nitrogens with zero attached hydrogens (tertiary/aromatic N) is 3. The number of aromatic amines is 1. The molecule has 0 aliphatic carbocycles. The molecule has 0 spiro atoms. The standard InChI is InChI=1S/C20H20N6OS/c1-12-9-13(2)24-19(23-12)26-20-25-17(11-28-20)18(27)21-8-7-14-10-22-16-6-4-3-5-15(14)16/h3-6,9-11,22H,7-8H2,1-2H3,(H,21,27)(H,23,24,25,26). The van der Waals surface area contributed by atoms with E-state index in [0.29, 0.717) is 23.3 Å². The maximum absolute atomic E-state index is 12.4. The second kappa shape index (κ2) is 7.77. The third-order valence-electron chi connectivity index (χ3n) is 4.29. The van der Waals surface area contributed by atoms with Crippen molar-refractivity contribution < 1.29 is 4.79 Å². The van der Waals surface area contributed by atoms with Gasteiger partial charge in [-0.15, -0.1) is 11.3 Å². The van der Waals surface area contributed by atoms with Crippen LogP contribution in [-0.4, -0.2) is 32.4 Å². The number of hydrogen-bond donors (Lipinski definition) is 3. The lowest BCUT2D eigenvalue weighted by atomic mass is 10.1. The second-order valence-electron chi connectivity index (χ2n) is 6.50. The van der Waals surface area contributed by atoms with Crippen LogP contribution in [0.1, 0.15) is 27.4 Å². The number of H-pyrrole nitrogens is 1. The van der Waals surface area contributed by atoms with E-state index in [0.717, 1.165) is 23.3 Å². The van der Waals surface area contributed by atoms with Crippen LogP contribution in [0.5, 0.6) is 0 Å². The van der Waals surface area contributed by atoms with Crippen molar-refractivity contribution in [2.75, 3.05) is 11.9 Å². The van der Waals surface area contributed by atoms with Gasteiger partial charge in [-0.3, -0.25) is 4.79 Å². The van der Waals surface area contributed by atoms with Crippen LogP contribution < -0.4 is 10.6 Å². The SMILES string of the molecule is Cc1cc(C)nc(Nc2nc(C(=O)NCCc3c[nH]c4ccccc34)cs2)n1. The minimum absolute atomic E-state index is 0.189. The Morgan fingerprint density at radius 3 is 2.75 bits per heavy atom. The lowest BCUT2D eigenvalue weighted by molar-refractivity contribution is 0.0950. The first-order chi connectivity index (χ1) is 13.6. The zero-order valence-corrected chi connectivity index (χ0v) is 16.4. The summed E-state index contributed by atoms with van der Waals surface area (Å²) < 4.78 is 0. The van der Waals surface area contributed by atoms with Crippen molar-refractivity contribution >= 4 is 39.2 Å². The van der Waals surface area contributed by atoms with E-state index in [2.05, 4.69) is 36.6 Å². The molecule has 8 heteroatoms. The van der Waals surface area contributed by atoms with Gasteiger partial charge in [-0.25, -0.2) is 15.0 Å². The summed E-state index contributed by atoms with van der Waals surface area (Å²) in [5, 5.41) is 9.49. The number of fused-ring (bicyclic) bond motifs is 1.